The Morgan fingerprint density at radius 3 is 3.04 bits per heavy atom. The van der Waals surface area contributed by atoms with E-state index in [0.29, 0.717) is 5.69 Å². The fourth-order valence-electron chi connectivity index (χ4n) is 3.47. The van der Waals surface area contributed by atoms with Crippen LogP contribution in [-0.2, 0) is 0 Å². The molecule has 0 saturated carbocycles. The van der Waals surface area contributed by atoms with Crippen molar-refractivity contribution in [2.75, 3.05) is 23.3 Å². The van der Waals surface area contributed by atoms with Gasteiger partial charge in [-0.15, -0.1) is 0 Å². The Bertz CT molecular complexity index is 907. The van der Waals surface area contributed by atoms with Gasteiger partial charge >= 0.3 is 0 Å². The number of nitrogens with one attached hydrogen (secondary N) is 2. The molecule has 2 heterocycles. The van der Waals surface area contributed by atoms with E-state index in [1.807, 2.05) is 24.3 Å². The Balaban J connectivity index is 1.52. The van der Waals surface area contributed by atoms with Crippen LogP contribution in [0.5, 0.6) is 0 Å². The first kappa shape index (κ1) is 15.4. The molecule has 7 heteroatoms. The van der Waals surface area contributed by atoms with Crippen molar-refractivity contribution >= 4 is 28.0 Å². The predicted octanol–water partition coefficient (Wildman–Crippen LogP) is 3.55. The van der Waals surface area contributed by atoms with Gasteiger partial charge in [-0.05, 0) is 37.1 Å². The third-order valence-electron chi connectivity index (χ3n) is 4.65. The third kappa shape index (κ3) is 3.13. The van der Waals surface area contributed by atoms with Crippen molar-refractivity contribution in [2.45, 2.75) is 18.9 Å². The Kier molecular flexibility index (Phi) is 3.97. The zero-order valence-electron chi connectivity index (χ0n) is 13.7. The van der Waals surface area contributed by atoms with E-state index >= 15 is 0 Å². The van der Waals surface area contributed by atoms with Gasteiger partial charge < -0.3 is 10.2 Å². The van der Waals surface area contributed by atoms with Crippen molar-refractivity contribution < 1.29 is 4.92 Å². The molecule has 1 aliphatic rings. The van der Waals surface area contributed by atoms with E-state index in [4.69, 9.17) is 0 Å². The van der Waals surface area contributed by atoms with Crippen LogP contribution in [0.2, 0.25) is 0 Å². The molecule has 0 bridgehead atoms. The minimum atomic E-state index is -0.306. The van der Waals surface area contributed by atoms with E-state index in [9.17, 15) is 10.1 Å². The monoisotopic (exact) mass is 337 g/mol. The average molecular weight is 337 g/mol. The number of benzene rings is 2. The fourth-order valence-corrected chi connectivity index (χ4v) is 3.47. The molecule has 2 N–H and O–H groups in total. The zero-order valence-corrected chi connectivity index (χ0v) is 13.7. The number of piperidine rings is 1. The molecule has 1 atom stereocenters. The first-order valence-corrected chi connectivity index (χ1v) is 8.39. The molecule has 0 aliphatic carbocycles. The van der Waals surface area contributed by atoms with Crippen molar-refractivity contribution in [3.05, 3.63) is 58.8 Å². The van der Waals surface area contributed by atoms with Crippen molar-refractivity contribution in [1.82, 2.24) is 10.2 Å². The van der Waals surface area contributed by atoms with Gasteiger partial charge in [0.15, 0.2) is 0 Å². The quantitative estimate of drug-likeness (QED) is 0.561. The van der Waals surface area contributed by atoms with E-state index in [1.54, 1.807) is 18.3 Å². The van der Waals surface area contributed by atoms with Crippen LogP contribution in [-0.4, -0.2) is 34.3 Å². The smallest absolute Gasteiger partial charge is 0.292 e. The van der Waals surface area contributed by atoms with E-state index in [1.165, 1.54) is 0 Å². The third-order valence-corrected chi connectivity index (χ3v) is 4.65. The number of hydrogen-bond acceptors (Lipinski definition) is 5. The van der Waals surface area contributed by atoms with Gasteiger partial charge in [0.1, 0.15) is 5.69 Å². The fraction of sp³-hybridized carbons (Fsp3) is 0.278. The van der Waals surface area contributed by atoms with Crippen LogP contribution in [0.25, 0.3) is 10.9 Å². The minimum absolute atomic E-state index is 0.169. The maximum atomic E-state index is 11.3. The SMILES string of the molecule is O=[N+]([O-])c1ccccc1N1CCCC(Nc2ccc3[nH]ncc3c2)C1. The number of anilines is 2. The topological polar surface area (TPSA) is 87.1 Å². The molecule has 7 nitrogen and oxygen atoms in total. The molecule has 1 aliphatic heterocycles. The second-order valence-corrected chi connectivity index (χ2v) is 6.35. The van der Waals surface area contributed by atoms with Gasteiger partial charge in [0.2, 0.25) is 0 Å². The highest BCUT2D eigenvalue weighted by atomic mass is 16.6. The van der Waals surface area contributed by atoms with Crippen LogP contribution in [0.15, 0.2) is 48.7 Å². The van der Waals surface area contributed by atoms with Crippen LogP contribution in [0.3, 0.4) is 0 Å². The molecule has 1 fully saturated rings. The largest absolute Gasteiger partial charge is 0.381 e. The summed E-state index contributed by atoms with van der Waals surface area (Å²) < 4.78 is 0. The van der Waals surface area contributed by atoms with Gasteiger partial charge in [-0.25, -0.2) is 0 Å². The highest BCUT2D eigenvalue weighted by molar-refractivity contribution is 5.81. The lowest BCUT2D eigenvalue weighted by molar-refractivity contribution is -0.384. The Morgan fingerprint density at radius 2 is 2.16 bits per heavy atom. The number of aromatic amines is 1. The van der Waals surface area contributed by atoms with Gasteiger partial charge in [0.05, 0.1) is 16.6 Å². The molecular formula is C18H19N5O2. The molecule has 1 unspecified atom stereocenters. The Labute approximate surface area is 144 Å². The molecule has 1 aromatic heterocycles. The van der Waals surface area contributed by atoms with Gasteiger partial charge in [-0.2, -0.15) is 5.10 Å². The van der Waals surface area contributed by atoms with Crippen molar-refractivity contribution in [3.8, 4) is 0 Å². The van der Waals surface area contributed by atoms with Crippen LogP contribution in [0.4, 0.5) is 17.1 Å². The second kappa shape index (κ2) is 6.43. The standard InChI is InChI=1S/C18H19N5O2/c24-23(25)18-6-2-1-5-17(18)22-9-3-4-15(12-22)20-14-7-8-16-13(10-14)11-19-21-16/h1-2,5-8,10-11,15,20H,3-4,9,12H2,(H,19,21). The summed E-state index contributed by atoms with van der Waals surface area (Å²) in [4.78, 5) is 13.1. The van der Waals surface area contributed by atoms with E-state index in [-0.39, 0.29) is 16.7 Å². The molecule has 3 aromatic rings. The van der Waals surface area contributed by atoms with Crippen molar-refractivity contribution in [3.63, 3.8) is 0 Å². The van der Waals surface area contributed by atoms with Gasteiger partial charge in [0.25, 0.3) is 5.69 Å². The first-order chi connectivity index (χ1) is 12.2. The number of hydrogen-bond donors (Lipinski definition) is 2. The number of nitro groups is 1. The lowest BCUT2D eigenvalue weighted by Gasteiger charge is -2.35. The highest BCUT2D eigenvalue weighted by Crippen LogP contribution is 2.30. The molecule has 128 valence electrons. The van der Waals surface area contributed by atoms with Crippen molar-refractivity contribution in [1.29, 1.82) is 0 Å². The van der Waals surface area contributed by atoms with E-state index in [0.717, 1.165) is 42.5 Å². The highest BCUT2D eigenvalue weighted by Gasteiger charge is 2.25. The molecule has 25 heavy (non-hydrogen) atoms. The number of rotatable bonds is 4. The number of H-pyrrole nitrogens is 1. The number of fused-ring (bicyclic) bond motifs is 1. The molecule has 0 radical (unpaired) electrons. The van der Waals surface area contributed by atoms with Crippen LogP contribution in [0.1, 0.15) is 12.8 Å². The molecule has 1 saturated heterocycles. The lowest BCUT2D eigenvalue weighted by Crippen LogP contribution is -2.42. The lowest BCUT2D eigenvalue weighted by atomic mass is 10.0. The zero-order chi connectivity index (χ0) is 17.2. The Hall–Kier alpha value is -3.09. The van der Waals surface area contributed by atoms with Gasteiger partial charge in [0, 0.05) is 36.3 Å². The predicted molar refractivity (Wildman–Crippen MR) is 98.0 cm³/mol. The summed E-state index contributed by atoms with van der Waals surface area (Å²) >= 11 is 0. The number of nitro benzene ring substituents is 1. The summed E-state index contributed by atoms with van der Waals surface area (Å²) in [5, 5.41) is 22.9. The number of para-hydroxylation sites is 2. The van der Waals surface area contributed by atoms with Crippen LogP contribution in [0, 0.1) is 10.1 Å². The van der Waals surface area contributed by atoms with Gasteiger partial charge in [-0.1, -0.05) is 12.1 Å². The normalized spacial score (nSPS) is 17.6. The molecular weight excluding hydrogens is 318 g/mol. The van der Waals surface area contributed by atoms with Crippen LogP contribution < -0.4 is 10.2 Å². The second-order valence-electron chi connectivity index (χ2n) is 6.35. The number of aromatic nitrogens is 2. The molecule has 0 spiro atoms. The summed E-state index contributed by atoms with van der Waals surface area (Å²) in [6, 6.07) is 13.3. The van der Waals surface area contributed by atoms with E-state index in [2.05, 4.69) is 26.5 Å². The summed E-state index contributed by atoms with van der Waals surface area (Å²) in [7, 11) is 0. The maximum absolute atomic E-state index is 11.3. The molecule has 4 rings (SSSR count). The van der Waals surface area contributed by atoms with E-state index < -0.39 is 0 Å². The summed E-state index contributed by atoms with van der Waals surface area (Å²) in [5.41, 5.74) is 2.92. The minimum Gasteiger partial charge on any atom is -0.381 e. The first-order valence-electron chi connectivity index (χ1n) is 8.39. The molecule has 0 amide bonds. The molecule has 2 aromatic carbocycles. The summed E-state index contributed by atoms with van der Waals surface area (Å²) in [6.07, 6.45) is 3.85. The summed E-state index contributed by atoms with van der Waals surface area (Å²) in [6.45, 7) is 1.58. The van der Waals surface area contributed by atoms with Gasteiger partial charge in [-0.3, -0.25) is 15.2 Å². The average Bonchev–Trinajstić information content (AvgIpc) is 3.10. The maximum Gasteiger partial charge on any atom is 0.292 e. The Morgan fingerprint density at radius 1 is 1.28 bits per heavy atom. The summed E-state index contributed by atoms with van der Waals surface area (Å²) in [5.74, 6) is 0. The van der Waals surface area contributed by atoms with Crippen LogP contribution >= 0.6 is 0 Å². The number of nitrogens with zero attached hydrogens (tertiary/aromatic N) is 3. The van der Waals surface area contributed by atoms with Crippen molar-refractivity contribution in [2.24, 2.45) is 0 Å².